The molecule has 0 saturated carbocycles. The van der Waals surface area contributed by atoms with Crippen LogP contribution >= 0.6 is 15.9 Å². The number of benzene rings is 1. The Morgan fingerprint density at radius 1 is 1.44 bits per heavy atom. The molecule has 1 aromatic rings. The topological polar surface area (TPSA) is 66.6 Å². The fraction of sp³-hybridized carbons (Fsp3) is 0.462. The minimum atomic E-state index is 0.00515. The number of halogens is 1. The molecule has 1 fully saturated rings. The molecule has 2 rings (SSSR count). The molecular formula is C13H17BrN2O2. The molecule has 18 heavy (non-hydrogen) atoms. The van der Waals surface area contributed by atoms with Crippen LogP contribution in [0.15, 0.2) is 22.7 Å². The highest BCUT2D eigenvalue weighted by molar-refractivity contribution is 9.10. The van der Waals surface area contributed by atoms with Gasteiger partial charge in [0.15, 0.2) is 0 Å². The SMILES string of the molecule is Nc1cccc(C(=O)N2CCC(CO)CC2)c1Br. The molecule has 3 N–H and O–H groups in total. The highest BCUT2D eigenvalue weighted by Crippen LogP contribution is 2.26. The van der Waals surface area contributed by atoms with Crippen molar-refractivity contribution in [3.8, 4) is 0 Å². The molecule has 0 atom stereocenters. The number of carbonyl (C=O) groups is 1. The summed E-state index contributed by atoms with van der Waals surface area (Å²) < 4.78 is 0.666. The second-order valence-corrected chi connectivity index (χ2v) is 5.42. The molecule has 0 radical (unpaired) electrons. The molecule has 1 heterocycles. The number of aliphatic hydroxyl groups is 1. The second kappa shape index (κ2) is 5.71. The lowest BCUT2D eigenvalue weighted by Crippen LogP contribution is -2.39. The summed E-state index contributed by atoms with van der Waals surface area (Å²) in [6.45, 7) is 1.61. The van der Waals surface area contributed by atoms with E-state index in [9.17, 15) is 4.79 Å². The van der Waals surface area contributed by atoms with E-state index in [0.29, 0.717) is 34.7 Å². The first-order valence-electron chi connectivity index (χ1n) is 6.07. The van der Waals surface area contributed by atoms with E-state index in [1.807, 2.05) is 4.90 Å². The number of piperidine rings is 1. The van der Waals surface area contributed by atoms with Gasteiger partial charge >= 0.3 is 0 Å². The summed E-state index contributed by atoms with van der Waals surface area (Å²) >= 11 is 3.36. The van der Waals surface area contributed by atoms with Crippen LogP contribution in [0, 0.1) is 5.92 Å². The van der Waals surface area contributed by atoms with Crippen molar-refractivity contribution in [1.29, 1.82) is 0 Å². The maximum Gasteiger partial charge on any atom is 0.255 e. The van der Waals surface area contributed by atoms with Crippen LogP contribution in [0.25, 0.3) is 0 Å². The Kier molecular flexibility index (Phi) is 4.24. The fourth-order valence-corrected chi connectivity index (χ4v) is 2.64. The Balaban J connectivity index is 2.10. The molecule has 1 saturated heterocycles. The zero-order chi connectivity index (χ0) is 13.1. The summed E-state index contributed by atoms with van der Waals surface area (Å²) in [5.74, 6) is 0.337. The monoisotopic (exact) mass is 312 g/mol. The van der Waals surface area contributed by atoms with E-state index in [2.05, 4.69) is 15.9 Å². The molecule has 5 heteroatoms. The third-order valence-electron chi connectivity index (χ3n) is 3.42. The zero-order valence-electron chi connectivity index (χ0n) is 10.1. The van der Waals surface area contributed by atoms with Gasteiger partial charge in [0.1, 0.15) is 0 Å². The lowest BCUT2D eigenvalue weighted by Gasteiger charge is -2.31. The predicted molar refractivity (Wildman–Crippen MR) is 74.3 cm³/mol. The quantitative estimate of drug-likeness (QED) is 0.819. The standard InChI is InChI=1S/C13H17BrN2O2/c14-12-10(2-1-3-11(12)15)13(18)16-6-4-9(8-17)5-7-16/h1-3,9,17H,4-8,15H2. The van der Waals surface area contributed by atoms with Crippen molar-refractivity contribution in [3.05, 3.63) is 28.2 Å². The van der Waals surface area contributed by atoms with Gasteiger partial charge in [-0.15, -0.1) is 0 Å². The van der Waals surface area contributed by atoms with E-state index in [1.165, 1.54) is 0 Å². The molecule has 0 aromatic heterocycles. The van der Waals surface area contributed by atoms with Crippen LogP contribution in [0.4, 0.5) is 5.69 Å². The fourth-order valence-electron chi connectivity index (χ4n) is 2.20. The average Bonchev–Trinajstić information content (AvgIpc) is 2.41. The van der Waals surface area contributed by atoms with Gasteiger partial charge in [-0.1, -0.05) is 6.07 Å². The van der Waals surface area contributed by atoms with Crippen molar-refractivity contribution >= 4 is 27.5 Å². The van der Waals surface area contributed by atoms with Crippen molar-refractivity contribution in [2.24, 2.45) is 5.92 Å². The van der Waals surface area contributed by atoms with E-state index >= 15 is 0 Å². The first kappa shape index (κ1) is 13.4. The summed E-state index contributed by atoms with van der Waals surface area (Å²) in [6, 6.07) is 5.33. The number of hydrogen-bond donors (Lipinski definition) is 2. The van der Waals surface area contributed by atoms with Crippen LogP contribution in [0.1, 0.15) is 23.2 Å². The van der Waals surface area contributed by atoms with Crippen LogP contribution in [-0.4, -0.2) is 35.6 Å². The smallest absolute Gasteiger partial charge is 0.255 e. The van der Waals surface area contributed by atoms with E-state index in [-0.39, 0.29) is 12.5 Å². The molecule has 1 aliphatic heterocycles. The van der Waals surface area contributed by atoms with Crippen molar-refractivity contribution in [2.75, 3.05) is 25.4 Å². The Hall–Kier alpha value is -1.07. The number of carbonyl (C=O) groups excluding carboxylic acids is 1. The molecule has 1 amide bonds. The molecule has 98 valence electrons. The molecular weight excluding hydrogens is 296 g/mol. The van der Waals surface area contributed by atoms with Gasteiger partial charge in [-0.05, 0) is 46.8 Å². The van der Waals surface area contributed by atoms with Crippen LogP contribution in [0.3, 0.4) is 0 Å². The van der Waals surface area contributed by atoms with Gasteiger partial charge in [-0.25, -0.2) is 0 Å². The number of rotatable bonds is 2. The number of nitrogens with two attached hydrogens (primary N) is 1. The van der Waals surface area contributed by atoms with Crippen LogP contribution in [-0.2, 0) is 0 Å². The Morgan fingerprint density at radius 3 is 2.72 bits per heavy atom. The van der Waals surface area contributed by atoms with Crippen molar-refractivity contribution in [3.63, 3.8) is 0 Å². The minimum Gasteiger partial charge on any atom is -0.398 e. The Bertz CT molecular complexity index is 443. The Morgan fingerprint density at radius 2 is 2.11 bits per heavy atom. The number of nitrogen functional groups attached to an aromatic ring is 1. The summed E-state index contributed by atoms with van der Waals surface area (Å²) in [7, 11) is 0. The van der Waals surface area contributed by atoms with Gasteiger partial charge in [0.25, 0.3) is 5.91 Å². The van der Waals surface area contributed by atoms with Gasteiger partial charge in [-0.3, -0.25) is 4.79 Å². The lowest BCUT2D eigenvalue weighted by molar-refractivity contribution is 0.0650. The van der Waals surface area contributed by atoms with Gasteiger partial charge in [0, 0.05) is 25.4 Å². The first-order valence-corrected chi connectivity index (χ1v) is 6.87. The van der Waals surface area contributed by atoms with Crippen LogP contribution < -0.4 is 5.73 Å². The Labute approximate surface area is 115 Å². The molecule has 0 bridgehead atoms. The molecule has 1 aromatic carbocycles. The average molecular weight is 313 g/mol. The zero-order valence-corrected chi connectivity index (χ0v) is 11.7. The van der Waals surface area contributed by atoms with Gasteiger partial charge < -0.3 is 15.7 Å². The van der Waals surface area contributed by atoms with Gasteiger partial charge in [0.2, 0.25) is 0 Å². The molecule has 0 unspecified atom stereocenters. The number of aliphatic hydroxyl groups excluding tert-OH is 1. The third-order valence-corrected chi connectivity index (χ3v) is 4.30. The second-order valence-electron chi connectivity index (χ2n) is 4.63. The van der Waals surface area contributed by atoms with Crippen molar-refractivity contribution < 1.29 is 9.90 Å². The summed E-state index contributed by atoms with van der Waals surface area (Å²) in [6.07, 6.45) is 1.73. The highest BCUT2D eigenvalue weighted by Gasteiger charge is 2.24. The summed E-state index contributed by atoms with van der Waals surface area (Å²) in [5.41, 5.74) is 6.96. The number of amides is 1. The van der Waals surface area contributed by atoms with E-state index in [1.54, 1.807) is 18.2 Å². The van der Waals surface area contributed by atoms with E-state index in [4.69, 9.17) is 10.8 Å². The molecule has 4 nitrogen and oxygen atoms in total. The van der Waals surface area contributed by atoms with Gasteiger partial charge in [0.05, 0.1) is 10.0 Å². The first-order chi connectivity index (χ1) is 8.63. The van der Waals surface area contributed by atoms with E-state index in [0.717, 1.165) is 12.8 Å². The third kappa shape index (κ3) is 2.67. The molecule has 0 spiro atoms. The maximum atomic E-state index is 12.3. The van der Waals surface area contributed by atoms with Crippen LogP contribution in [0.2, 0.25) is 0 Å². The highest BCUT2D eigenvalue weighted by atomic mass is 79.9. The molecule has 1 aliphatic rings. The number of nitrogens with zero attached hydrogens (tertiary/aromatic N) is 1. The number of anilines is 1. The lowest BCUT2D eigenvalue weighted by atomic mass is 9.97. The van der Waals surface area contributed by atoms with Crippen molar-refractivity contribution in [2.45, 2.75) is 12.8 Å². The largest absolute Gasteiger partial charge is 0.398 e. The number of likely N-dealkylation sites (tertiary alicyclic amines) is 1. The summed E-state index contributed by atoms with van der Waals surface area (Å²) in [4.78, 5) is 14.2. The molecule has 0 aliphatic carbocycles. The predicted octanol–water partition coefficient (Wildman–Crippen LogP) is 1.88. The van der Waals surface area contributed by atoms with E-state index < -0.39 is 0 Å². The normalized spacial score (nSPS) is 16.9. The minimum absolute atomic E-state index is 0.00515. The summed E-state index contributed by atoms with van der Waals surface area (Å²) in [5, 5.41) is 9.09. The van der Waals surface area contributed by atoms with Gasteiger partial charge in [-0.2, -0.15) is 0 Å². The van der Waals surface area contributed by atoms with Crippen LogP contribution in [0.5, 0.6) is 0 Å². The number of hydrogen-bond acceptors (Lipinski definition) is 3. The van der Waals surface area contributed by atoms with Crippen molar-refractivity contribution in [1.82, 2.24) is 4.90 Å². The maximum absolute atomic E-state index is 12.3.